The van der Waals surface area contributed by atoms with Gasteiger partial charge in [0.15, 0.2) is 17.6 Å². The van der Waals surface area contributed by atoms with Crippen LogP contribution in [-0.4, -0.2) is 59.6 Å². The van der Waals surface area contributed by atoms with Crippen molar-refractivity contribution in [2.45, 2.75) is 31.7 Å². The molecule has 0 saturated heterocycles. The highest BCUT2D eigenvalue weighted by atomic mass is 16.6. The molecule has 0 N–H and O–H groups in total. The number of allylic oxidation sites excluding steroid dienone is 2. The number of Topliss-reactive ketones (excluding diaryl/α,β-unsaturated/α-hetero) is 1. The number of benzene rings is 1. The molecule has 7 heteroatoms. The Bertz CT molecular complexity index is 800. The van der Waals surface area contributed by atoms with Gasteiger partial charge in [-0.3, -0.25) is 4.79 Å². The Labute approximate surface area is 177 Å². The molecule has 0 bridgehead atoms. The van der Waals surface area contributed by atoms with Crippen LogP contribution in [0.25, 0.3) is 0 Å². The lowest BCUT2D eigenvalue weighted by atomic mass is 9.95. The molecule has 0 aliphatic heterocycles. The van der Waals surface area contributed by atoms with Gasteiger partial charge in [-0.2, -0.15) is 0 Å². The summed E-state index contributed by atoms with van der Waals surface area (Å²) in [6, 6.07) is 3.67. The highest BCUT2D eigenvalue weighted by molar-refractivity contribution is 6.01. The van der Waals surface area contributed by atoms with Crippen molar-refractivity contribution in [2.75, 3.05) is 35.5 Å². The molecule has 1 aromatic carbocycles. The van der Waals surface area contributed by atoms with Crippen LogP contribution in [-0.2, 0) is 25.4 Å². The van der Waals surface area contributed by atoms with Crippen LogP contribution in [0.15, 0.2) is 48.3 Å². The summed E-state index contributed by atoms with van der Waals surface area (Å²) < 4.78 is 33.2. The minimum Gasteiger partial charge on any atom is -0.498 e. The molecule has 0 radical (unpaired) electrons. The molecule has 0 fully saturated rings. The van der Waals surface area contributed by atoms with Crippen LogP contribution in [0.3, 0.4) is 0 Å². The molecule has 3 atom stereocenters. The minimum atomic E-state index is -0.810. The first-order chi connectivity index (χ1) is 14.4. The fourth-order valence-electron chi connectivity index (χ4n) is 3.28. The first-order valence-corrected chi connectivity index (χ1v) is 9.53. The summed E-state index contributed by atoms with van der Waals surface area (Å²) in [6.45, 7) is 5.42. The zero-order chi connectivity index (χ0) is 22.3. The van der Waals surface area contributed by atoms with Gasteiger partial charge >= 0.3 is 0 Å². The summed E-state index contributed by atoms with van der Waals surface area (Å²) in [7, 11) is 7.71. The van der Waals surface area contributed by atoms with Crippen LogP contribution in [0.4, 0.5) is 0 Å². The number of methoxy groups -OCH3 is 5. The van der Waals surface area contributed by atoms with Crippen molar-refractivity contribution < 1.29 is 33.2 Å². The van der Waals surface area contributed by atoms with Gasteiger partial charge in [-0.15, -0.1) is 6.58 Å². The second kappa shape index (κ2) is 10.8. The highest BCUT2D eigenvalue weighted by Gasteiger charge is 2.32. The average Bonchev–Trinajstić information content (AvgIpc) is 2.77. The van der Waals surface area contributed by atoms with Crippen LogP contribution in [0.2, 0.25) is 0 Å². The van der Waals surface area contributed by atoms with Crippen molar-refractivity contribution in [1.29, 1.82) is 0 Å². The lowest BCUT2D eigenvalue weighted by molar-refractivity contribution is -0.121. The molecule has 164 valence electrons. The van der Waals surface area contributed by atoms with Crippen LogP contribution < -0.4 is 14.2 Å². The molecule has 2 rings (SSSR count). The Morgan fingerprint density at radius 2 is 1.70 bits per heavy atom. The van der Waals surface area contributed by atoms with E-state index in [4.69, 9.17) is 28.4 Å². The number of carbonyl (C=O) groups excluding carboxylic acids is 1. The van der Waals surface area contributed by atoms with E-state index in [2.05, 4.69) is 6.58 Å². The molecule has 0 aromatic heterocycles. The standard InChI is InChI=1S/C23H30O7/c1-8-9-15-10-17(25-3)23(18(11-15)26-4)30-14(2)21(24)16-12-19(27-5)22(29-7)20(13-16)28-6/h8,10-14,19,22H,1,9H2,2-7H3. The van der Waals surface area contributed by atoms with Crippen molar-refractivity contribution in [3.05, 3.63) is 53.8 Å². The number of hydrogen-bond acceptors (Lipinski definition) is 7. The van der Waals surface area contributed by atoms with E-state index >= 15 is 0 Å². The van der Waals surface area contributed by atoms with E-state index < -0.39 is 18.3 Å². The van der Waals surface area contributed by atoms with Gasteiger partial charge in [0.2, 0.25) is 11.5 Å². The van der Waals surface area contributed by atoms with Crippen molar-refractivity contribution in [2.24, 2.45) is 0 Å². The van der Waals surface area contributed by atoms with Gasteiger partial charge < -0.3 is 28.4 Å². The van der Waals surface area contributed by atoms with Gasteiger partial charge in [0.1, 0.15) is 18.0 Å². The van der Waals surface area contributed by atoms with E-state index in [0.717, 1.165) is 5.56 Å². The van der Waals surface area contributed by atoms with Crippen molar-refractivity contribution in [1.82, 2.24) is 0 Å². The summed E-state index contributed by atoms with van der Waals surface area (Å²) >= 11 is 0. The third kappa shape index (κ3) is 5.04. The zero-order valence-electron chi connectivity index (χ0n) is 18.4. The predicted molar refractivity (Wildman–Crippen MR) is 113 cm³/mol. The predicted octanol–water partition coefficient (Wildman–Crippen LogP) is 3.27. The van der Waals surface area contributed by atoms with E-state index in [9.17, 15) is 4.79 Å². The Kier molecular flexibility index (Phi) is 8.50. The molecule has 0 amide bonds. The highest BCUT2D eigenvalue weighted by Crippen LogP contribution is 2.40. The summed E-state index contributed by atoms with van der Waals surface area (Å²) in [5, 5.41) is 0. The maximum atomic E-state index is 13.1. The lowest BCUT2D eigenvalue weighted by Crippen LogP contribution is -2.36. The molecule has 1 aliphatic rings. The van der Waals surface area contributed by atoms with Crippen LogP contribution in [0.1, 0.15) is 12.5 Å². The fraction of sp³-hybridized carbons (Fsp3) is 0.435. The molecule has 0 spiro atoms. The Hall–Kier alpha value is -2.77. The van der Waals surface area contributed by atoms with Gasteiger partial charge in [0.25, 0.3) is 0 Å². The molecular formula is C23H30O7. The monoisotopic (exact) mass is 418 g/mol. The van der Waals surface area contributed by atoms with Crippen LogP contribution in [0, 0.1) is 0 Å². The quantitative estimate of drug-likeness (QED) is 0.511. The normalized spacial score (nSPS) is 19.3. The summed E-state index contributed by atoms with van der Waals surface area (Å²) in [4.78, 5) is 13.1. The zero-order valence-corrected chi connectivity index (χ0v) is 18.4. The Morgan fingerprint density at radius 3 is 2.17 bits per heavy atom. The van der Waals surface area contributed by atoms with Gasteiger partial charge in [0.05, 0.1) is 21.3 Å². The molecule has 0 heterocycles. The lowest BCUT2D eigenvalue weighted by Gasteiger charge is -2.28. The minimum absolute atomic E-state index is 0.236. The van der Waals surface area contributed by atoms with Crippen LogP contribution >= 0.6 is 0 Å². The number of rotatable bonds is 11. The first kappa shape index (κ1) is 23.5. The average molecular weight is 418 g/mol. The molecule has 3 unspecified atom stereocenters. The van der Waals surface area contributed by atoms with Gasteiger partial charge in [-0.25, -0.2) is 0 Å². The molecule has 30 heavy (non-hydrogen) atoms. The summed E-state index contributed by atoms with van der Waals surface area (Å²) in [5.74, 6) is 1.59. The SMILES string of the molecule is C=CCc1cc(OC)c(OC(C)C(=O)C2=CC(OC)C(OC)C(OC)=C2)c(OC)c1. The van der Waals surface area contributed by atoms with E-state index in [-0.39, 0.29) is 5.78 Å². The number of ketones is 1. The van der Waals surface area contributed by atoms with Crippen molar-refractivity contribution in [3.8, 4) is 17.2 Å². The second-order valence-electron chi connectivity index (χ2n) is 6.68. The number of carbonyl (C=O) groups is 1. The molecule has 7 nitrogen and oxygen atoms in total. The second-order valence-corrected chi connectivity index (χ2v) is 6.68. The van der Waals surface area contributed by atoms with Crippen molar-refractivity contribution in [3.63, 3.8) is 0 Å². The first-order valence-electron chi connectivity index (χ1n) is 9.53. The third-order valence-corrected chi connectivity index (χ3v) is 4.83. The molecular weight excluding hydrogens is 388 g/mol. The summed E-state index contributed by atoms with van der Waals surface area (Å²) in [6.07, 6.45) is 4.10. The largest absolute Gasteiger partial charge is 0.498 e. The molecule has 1 aromatic rings. The Morgan fingerprint density at radius 1 is 1.07 bits per heavy atom. The Balaban J connectivity index is 2.32. The number of ether oxygens (including phenoxy) is 6. The van der Waals surface area contributed by atoms with Gasteiger partial charge in [-0.1, -0.05) is 6.08 Å². The van der Waals surface area contributed by atoms with Gasteiger partial charge in [-0.05, 0) is 43.2 Å². The van der Waals surface area contributed by atoms with Gasteiger partial charge in [0, 0.05) is 19.8 Å². The smallest absolute Gasteiger partial charge is 0.204 e. The van der Waals surface area contributed by atoms with E-state index in [0.29, 0.717) is 35.0 Å². The van der Waals surface area contributed by atoms with E-state index in [1.54, 1.807) is 39.4 Å². The number of hydrogen-bond donors (Lipinski definition) is 0. The maximum Gasteiger partial charge on any atom is 0.204 e. The van der Waals surface area contributed by atoms with Crippen LogP contribution in [0.5, 0.6) is 17.2 Å². The fourth-order valence-corrected chi connectivity index (χ4v) is 3.28. The maximum absolute atomic E-state index is 13.1. The van der Waals surface area contributed by atoms with E-state index in [1.807, 2.05) is 12.1 Å². The van der Waals surface area contributed by atoms with E-state index in [1.165, 1.54) is 21.3 Å². The molecule has 1 aliphatic carbocycles. The molecule has 0 saturated carbocycles. The topological polar surface area (TPSA) is 72.5 Å². The summed E-state index contributed by atoms with van der Waals surface area (Å²) in [5.41, 5.74) is 1.38. The third-order valence-electron chi connectivity index (χ3n) is 4.83. The van der Waals surface area contributed by atoms with Crippen molar-refractivity contribution >= 4 is 5.78 Å².